The molecule has 0 saturated heterocycles. The molecule has 104 valence electrons. The summed E-state index contributed by atoms with van der Waals surface area (Å²) in [5.41, 5.74) is -0.116. The van der Waals surface area contributed by atoms with E-state index < -0.39 is 0 Å². The first-order valence-corrected chi connectivity index (χ1v) is 7.48. The molecule has 0 aromatic carbocycles. The van der Waals surface area contributed by atoms with Gasteiger partial charge < -0.3 is 15.0 Å². The number of thioether (sulfide) groups is 1. The first kappa shape index (κ1) is 15.5. The van der Waals surface area contributed by atoms with Crippen LogP contribution in [-0.4, -0.2) is 44.3 Å². The van der Waals surface area contributed by atoms with Gasteiger partial charge in [0.1, 0.15) is 6.33 Å². The van der Waals surface area contributed by atoms with Crippen LogP contribution in [0.3, 0.4) is 0 Å². The van der Waals surface area contributed by atoms with Gasteiger partial charge in [-0.2, -0.15) is 0 Å². The summed E-state index contributed by atoms with van der Waals surface area (Å²) in [6, 6.07) is 0. The molecule has 2 N–H and O–H groups in total. The van der Waals surface area contributed by atoms with Gasteiger partial charge in [0, 0.05) is 18.3 Å². The van der Waals surface area contributed by atoms with E-state index in [1.54, 1.807) is 18.1 Å². The predicted octanol–water partition coefficient (Wildman–Crippen LogP) is 1.44. The lowest BCUT2D eigenvalue weighted by Gasteiger charge is -2.31. The molecule has 6 heteroatoms. The number of nitrogens with one attached hydrogen (secondary N) is 1. The average Bonchev–Trinajstić information content (AvgIpc) is 2.79. The highest BCUT2D eigenvalue weighted by molar-refractivity contribution is 7.99. The second kappa shape index (κ2) is 7.76. The highest BCUT2D eigenvalue weighted by Crippen LogP contribution is 2.21. The largest absolute Gasteiger partial charge is 0.394 e. The molecule has 5 nitrogen and oxygen atoms in total. The lowest BCUT2D eigenvalue weighted by atomic mass is 9.91. The summed E-state index contributed by atoms with van der Waals surface area (Å²) >= 11 is 1.71. The minimum absolute atomic E-state index is 0.116. The number of rotatable bonds is 9. The molecule has 0 bridgehead atoms. The summed E-state index contributed by atoms with van der Waals surface area (Å²) in [6.07, 6.45) is 4.70. The first-order valence-electron chi connectivity index (χ1n) is 6.50. The van der Waals surface area contributed by atoms with Crippen molar-refractivity contribution in [3.8, 4) is 0 Å². The predicted molar refractivity (Wildman–Crippen MR) is 74.7 cm³/mol. The zero-order chi connectivity index (χ0) is 13.4. The third-order valence-electron chi connectivity index (χ3n) is 3.23. The van der Waals surface area contributed by atoms with E-state index in [1.807, 2.05) is 11.6 Å². The third kappa shape index (κ3) is 4.26. The molecule has 0 aliphatic carbocycles. The zero-order valence-corrected chi connectivity index (χ0v) is 12.3. The number of nitrogens with zero attached hydrogens (tertiary/aromatic N) is 3. The highest BCUT2D eigenvalue weighted by Gasteiger charge is 2.25. The molecular formula is C12H24N4OS. The molecule has 0 spiro atoms. The maximum absolute atomic E-state index is 9.54. The molecule has 18 heavy (non-hydrogen) atoms. The molecule has 1 unspecified atom stereocenters. The molecule has 0 amide bonds. The van der Waals surface area contributed by atoms with Crippen molar-refractivity contribution in [3.05, 3.63) is 6.33 Å². The van der Waals surface area contributed by atoms with Crippen molar-refractivity contribution < 1.29 is 5.11 Å². The lowest BCUT2D eigenvalue weighted by Crippen LogP contribution is -2.48. The van der Waals surface area contributed by atoms with E-state index in [0.717, 1.165) is 36.7 Å². The minimum atomic E-state index is -0.116. The average molecular weight is 272 g/mol. The van der Waals surface area contributed by atoms with Crippen LogP contribution in [0.4, 0.5) is 0 Å². The van der Waals surface area contributed by atoms with Gasteiger partial charge in [-0.1, -0.05) is 25.6 Å². The quantitative estimate of drug-likeness (QED) is 0.526. The fourth-order valence-electron chi connectivity index (χ4n) is 1.99. The molecule has 0 saturated carbocycles. The Balaban J connectivity index is 2.33. The number of aromatic nitrogens is 3. The van der Waals surface area contributed by atoms with Crippen molar-refractivity contribution in [1.82, 2.24) is 20.1 Å². The molecule has 1 rings (SSSR count). The Morgan fingerprint density at radius 2 is 2.28 bits per heavy atom. The molecule has 1 aromatic rings. The first-order chi connectivity index (χ1) is 8.67. The van der Waals surface area contributed by atoms with Crippen molar-refractivity contribution in [1.29, 1.82) is 0 Å². The lowest BCUT2D eigenvalue weighted by molar-refractivity contribution is 0.148. The molecule has 0 aliphatic heterocycles. The van der Waals surface area contributed by atoms with Crippen LogP contribution in [0.15, 0.2) is 11.5 Å². The van der Waals surface area contributed by atoms with Crippen molar-refractivity contribution in [2.24, 2.45) is 7.05 Å². The van der Waals surface area contributed by atoms with Crippen LogP contribution in [0.5, 0.6) is 0 Å². The summed E-state index contributed by atoms with van der Waals surface area (Å²) in [5.74, 6) is 1.000. The Morgan fingerprint density at radius 1 is 1.50 bits per heavy atom. The molecule has 0 aliphatic rings. The van der Waals surface area contributed by atoms with Gasteiger partial charge in [-0.3, -0.25) is 0 Å². The van der Waals surface area contributed by atoms with Crippen LogP contribution >= 0.6 is 11.8 Å². The maximum atomic E-state index is 9.54. The van der Waals surface area contributed by atoms with Crippen LogP contribution < -0.4 is 5.32 Å². The van der Waals surface area contributed by atoms with Gasteiger partial charge in [0.2, 0.25) is 0 Å². The number of aryl methyl sites for hydroxylation is 1. The van der Waals surface area contributed by atoms with Crippen molar-refractivity contribution in [2.45, 2.75) is 43.8 Å². The van der Waals surface area contributed by atoms with Crippen LogP contribution in [0, 0.1) is 0 Å². The summed E-state index contributed by atoms with van der Waals surface area (Å²) < 4.78 is 1.92. The highest BCUT2D eigenvalue weighted by atomic mass is 32.2. The molecule has 1 aromatic heterocycles. The van der Waals surface area contributed by atoms with Crippen molar-refractivity contribution in [2.75, 3.05) is 18.9 Å². The van der Waals surface area contributed by atoms with E-state index >= 15 is 0 Å². The molecule has 1 heterocycles. The summed E-state index contributed by atoms with van der Waals surface area (Å²) in [5, 5.41) is 21.8. The minimum Gasteiger partial charge on any atom is -0.394 e. The Hall–Kier alpha value is -0.590. The van der Waals surface area contributed by atoms with E-state index in [-0.39, 0.29) is 12.1 Å². The summed E-state index contributed by atoms with van der Waals surface area (Å²) in [6.45, 7) is 5.29. The second-order valence-corrected chi connectivity index (χ2v) is 5.56. The third-order valence-corrected chi connectivity index (χ3v) is 4.35. The molecule has 0 radical (unpaired) electrons. The van der Waals surface area contributed by atoms with Crippen molar-refractivity contribution in [3.63, 3.8) is 0 Å². The Kier molecular flexibility index (Phi) is 6.67. The number of likely N-dealkylation sites (N-methyl/N-ethyl adjacent to an activating group) is 1. The number of aliphatic hydroxyl groups excluding tert-OH is 1. The van der Waals surface area contributed by atoms with Crippen LogP contribution in [0.25, 0.3) is 0 Å². The van der Waals surface area contributed by atoms with E-state index in [0.29, 0.717) is 0 Å². The second-order valence-electron chi connectivity index (χ2n) is 4.50. The normalized spacial score (nSPS) is 14.7. The molecule has 1 atom stereocenters. The van der Waals surface area contributed by atoms with Gasteiger partial charge in [0.25, 0.3) is 0 Å². The van der Waals surface area contributed by atoms with E-state index in [1.165, 1.54) is 0 Å². The molecule has 0 fully saturated rings. The van der Waals surface area contributed by atoms with Crippen molar-refractivity contribution >= 4 is 11.8 Å². The van der Waals surface area contributed by atoms with Crippen LogP contribution in [0.2, 0.25) is 0 Å². The van der Waals surface area contributed by atoms with Gasteiger partial charge in [0.15, 0.2) is 5.16 Å². The fourth-order valence-corrected chi connectivity index (χ4v) is 2.82. The Labute approximate surface area is 113 Å². The Morgan fingerprint density at radius 3 is 2.78 bits per heavy atom. The monoisotopic (exact) mass is 272 g/mol. The molecular weight excluding hydrogens is 248 g/mol. The number of aliphatic hydroxyl groups is 1. The zero-order valence-electron chi connectivity index (χ0n) is 11.5. The summed E-state index contributed by atoms with van der Waals surface area (Å²) in [4.78, 5) is 0. The fraction of sp³-hybridized carbons (Fsp3) is 0.833. The van der Waals surface area contributed by atoms with Gasteiger partial charge in [-0.05, 0) is 25.8 Å². The van der Waals surface area contributed by atoms with E-state index in [2.05, 4.69) is 29.4 Å². The topological polar surface area (TPSA) is 63.0 Å². The van der Waals surface area contributed by atoms with Gasteiger partial charge >= 0.3 is 0 Å². The summed E-state index contributed by atoms with van der Waals surface area (Å²) in [7, 11) is 1.95. The number of hydrogen-bond acceptors (Lipinski definition) is 5. The smallest absolute Gasteiger partial charge is 0.190 e. The SMILES string of the molecule is CCNC(CC)(CO)CCCSc1nncn1C. The van der Waals surface area contributed by atoms with E-state index in [4.69, 9.17) is 0 Å². The van der Waals surface area contributed by atoms with Gasteiger partial charge in [-0.25, -0.2) is 0 Å². The standard InChI is InChI=1S/C12H24N4OS/c1-4-12(9-17,13-5-2)7-6-8-18-11-15-14-10-16(11)3/h10,13,17H,4-9H2,1-3H3. The van der Waals surface area contributed by atoms with Crippen LogP contribution in [-0.2, 0) is 7.05 Å². The van der Waals surface area contributed by atoms with Gasteiger partial charge in [-0.15, -0.1) is 10.2 Å². The van der Waals surface area contributed by atoms with Crippen LogP contribution in [0.1, 0.15) is 33.1 Å². The maximum Gasteiger partial charge on any atom is 0.190 e. The number of hydrogen-bond donors (Lipinski definition) is 2. The Bertz CT molecular complexity index is 339. The van der Waals surface area contributed by atoms with Gasteiger partial charge in [0.05, 0.1) is 6.61 Å². The van der Waals surface area contributed by atoms with E-state index in [9.17, 15) is 5.11 Å².